The van der Waals surface area contributed by atoms with E-state index >= 15 is 0 Å². The summed E-state index contributed by atoms with van der Waals surface area (Å²) in [5.41, 5.74) is 2.71. The molecule has 0 spiro atoms. The number of ether oxygens (including phenoxy) is 1. The summed E-state index contributed by atoms with van der Waals surface area (Å²) < 4.78 is 55.6. The van der Waals surface area contributed by atoms with Crippen molar-refractivity contribution in [3.8, 4) is 17.1 Å². The summed E-state index contributed by atoms with van der Waals surface area (Å²) in [6, 6.07) is 5.65. The molecule has 0 saturated carbocycles. The van der Waals surface area contributed by atoms with Crippen LogP contribution in [0.5, 0.6) is 5.75 Å². The lowest BCUT2D eigenvalue weighted by Crippen LogP contribution is -2.17. The topological polar surface area (TPSA) is 63.0 Å². The van der Waals surface area contributed by atoms with E-state index < -0.39 is 23.3 Å². The smallest absolute Gasteiger partial charge is 0.573 e. The Balaban J connectivity index is 2.16. The highest BCUT2D eigenvalue weighted by Crippen LogP contribution is 2.34. The maximum absolute atomic E-state index is 12.5. The molecule has 1 unspecified atom stereocenters. The van der Waals surface area contributed by atoms with Crippen LogP contribution >= 0.6 is 0 Å². The third-order valence-electron chi connectivity index (χ3n) is 3.78. The molecule has 0 radical (unpaired) electrons. The van der Waals surface area contributed by atoms with Gasteiger partial charge in [-0.05, 0) is 48.8 Å². The van der Waals surface area contributed by atoms with E-state index in [4.69, 9.17) is 0 Å². The summed E-state index contributed by atoms with van der Waals surface area (Å²) in [5, 5.41) is 0. The maximum atomic E-state index is 12.5. The van der Waals surface area contributed by atoms with Crippen molar-refractivity contribution in [3.05, 3.63) is 36.0 Å². The van der Waals surface area contributed by atoms with E-state index in [1.165, 1.54) is 12.1 Å². The molecular formula is C17H16F3N3O2S. The molecule has 3 aromatic rings. The van der Waals surface area contributed by atoms with E-state index in [0.717, 1.165) is 11.6 Å². The highest BCUT2D eigenvalue weighted by Gasteiger charge is 2.32. The van der Waals surface area contributed by atoms with Crippen LogP contribution in [0.1, 0.15) is 12.5 Å². The lowest BCUT2D eigenvalue weighted by atomic mass is 10.2. The van der Waals surface area contributed by atoms with Gasteiger partial charge in [-0.3, -0.25) is 0 Å². The number of pyridine rings is 1. The fourth-order valence-electron chi connectivity index (χ4n) is 2.65. The Hall–Kier alpha value is -2.26. The minimum atomic E-state index is -4.81. The molecule has 3 rings (SSSR count). The van der Waals surface area contributed by atoms with Crippen LogP contribution in [0.25, 0.3) is 22.6 Å². The van der Waals surface area contributed by atoms with Crippen LogP contribution in [0.3, 0.4) is 0 Å². The highest BCUT2D eigenvalue weighted by molar-refractivity contribution is 7.91. The van der Waals surface area contributed by atoms with E-state index in [1.54, 1.807) is 24.7 Å². The van der Waals surface area contributed by atoms with Crippen molar-refractivity contribution in [2.24, 2.45) is 7.05 Å². The van der Waals surface area contributed by atoms with Crippen molar-refractivity contribution < 1.29 is 22.5 Å². The van der Waals surface area contributed by atoms with Gasteiger partial charge in [0.05, 0.1) is 5.56 Å². The molecule has 0 aliphatic carbocycles. The summed E-state index contributed by atoms with van der Waals surface area (Å²) in [6.07, 6.45) is -3.11. The molecule has 138 valence electrons. The summed E-state index contributed by atoms with van der Waals surface area (Å²) in [4.78, 5) is 9.11. The Morgan fingerprint density at radius 3 is 2.65 bits per heavy atom. The predicted octanol–water partition coefficient (Wildman–Crippen LogP) is 3.97. The average Bonchev–Trinajstić information content (AvgIpc) is 2.88. The second-order valence-corrected chi connectivity index (χ2v) is 7.40. The molecule has 0 fully saturated rings. The predicted molar refractivity (Wildman–Crippen MR) is 92.3 cm³/mol. The number of rotatable bonds is 4. The molecule has 2 aromatic heterocycles. The number of aromatic nitrogens is 3. The number of aryl methyl sites for hydroxylation is 2. The van der Waals surface area contributed by atoms with Crippen molar-refractivity contribution >= 4 is 22.3 Å². The van der Waals surface area contributed by atoms with E-state index in [9.17, 15) is 17.7 Å². The van der Waals surface area contributed by atoms with Gasteiger partial charge >= 0.3 is 6.36 Å². The summed E-state index contributed by atoms with van der Waals surface area (Å²) >= 11 is -1.50. The van der Waals surface area contributed by atoms with E-state index in [0.29, 0.717) is 22.6 Å². The first-order valence-electron chi connectivity index (χ1n) is 7.77. The number of nitrogens with zero attached hydrogens (tertiary/aromatic N) is 3. The molecule has 0 N–H and O–H groups in total. The molecule has 0 amide bonds. The lowest BCUT2D eigenvalue weighted by molar-refractivity contribution is -0.274. The van der Waals surface area contributed by atoms with Gasteiger partial charge < -0.3 is 13.9 Å². The number of hydrogen-bond acceptors (Lipinski definition) is 4. The van der Waals surface area contributed by atoms with Gasteiger partial charge in [0.25, 0.3) is 0 Å². The number of alkyl halides is 3. The van der Waals surface area contributed by atoms with Gasteiger partial charge in [-0.15, -0.1) is 13.2 Å². The molecule has 0 aliphatic heterocycles. The van der Waals surface area contributed by atoms with Gasteiger partial charge in [-0.1, -0.05) is 0 Å². The zero-order valence-corrected chi connectivity index (χ0v) is 15.1. The Bertz CT molecular complexity index is 956. The highest BCUT2D eigenvalue weighted by atomic mass is 32.2. The molecule has 0 aliphatic rings. The van der Waals surface area contributed by atoms with Crippen LogP contribution in [0.4, 0.5) is 13.2 Å². The normalized spacial score (nSPS) is 13.2. The number of imidazole rings is 1. The van der Waals surface area contributed by atoms with E-state index in [2.05, 4.69) is 14.7 Å². The van der Waals surface area contributed by atoms with Crippen molar-refractivity contribution in [2.45, 2.75) is 25.1 Å². The molecule has 1 aromatic carbocycles. The SMILES string of the molecule is CC[S+]([O-])c1cc(OC(F)(F)F)ccc1-c1nc2cc(C)cnc2n1C. The average molecular weight is 383 g/mol. The minimum absolute atomic E-state index is 0.240. The number of hydrogen-bond donors (Lipinski definition) is 0. The first kappa shape index (κ1) is 18.5. The van der Waals surface area contributed by atoms with Crippen LogP contribution in [0.15, 0.2) is 35.4 Å². The third kappa shape index (κ3) is 3.63. The quantitative estimate of drug-likeness (QED) is 0.640. The molecule has 26 heavy (non-hydrogen) atoms. The number of halogens is 3. The maximum Gasteiger partial charge on any atom is 0.573 e. The third-order valence-corrected chi connectivity index (χ3v) is 5.13. The second-order valence-electron chi connectivity index (χ2n) is 5.69. The zero-order valence-electron chi connectivity index (χ0n) is 14.3. The van der Waals surface area contributed by atoms with Crippen molar-refractivity contribution in [2.75, 3.05) is 5.75 Å². The van der Waals surface area contributed by atoms with Gasteiger partial charge in [-0.2, -0.15) is 0 Å². The minimum Gasteiger partial charge on any atom is -0.611 e. The van der Waals surface area contributed by atoms with Crippen LogP contribution in [0, 0.1) is 6.92 Å². The van der Waals surface area contributed by atoms with E-state index in [1.807, 2.05) is 13.0 Å². The van der Waals surface area contributed by atoms with E-state index in [-0.39, 0.29) is 10.6 Å². The molecule has 5 nitrogen and oxygen atoms in total. The van der Waals surface area contributed by atoms with Crippen LogP contribution in [-0.2, 0) is 18.2 Å². The fourth-order valence-corrected chi connectivity index (χ4v) is 3.61. The standard InChI is InChI=1S/C17H16F3N3O2S/c1-4-26(24)14-8-11(25-17(18,19)20)5-6-12(14)15-22-13-7-10(2)9-21-16(13)23(15)3/h5-9H,4H2,1-3H3. The Kier molecular flexibility index (Phi) is 4.85. The Morgan fingerprint density at radius 2 is 2.00 bits per heavy atom. The Labute approximate surface area is 151 Å². The number of fused-ring (bicyclic) bond motifs is 1. The second kappa shape index (κ2) is 6.81. The summed E-state index contributed by atoms with van der Waals surface area (Å²) in [5.74, 6) is 0.322. The molecule has 2 heterocycles. The lowest BCUT2D eigenvalue weighted by Gasteiger charge is -2.15. The van der Waals surface area contributed by atoms with Crippen molar-refractivity contribution in [1.29, 1.82) is 0 Å². The monoisotopic (exact) mass is 383 g/mol. The summed E-state index contributed by atoms with van der Waals surface area (Å²) in [7, 11) is 1.76. The first-order valence-corrected chi connectivity index (χ1v) is 9.09. The zero-order chi connectivity index (χ0) is 19.1. The first-order chi connectivity index (χ1) is 12.2. The van der Waals surface area contributed by atoms with Gasteiger partial charge in [-0.25, -0.2) is 9.97 Å². The summed E-state index contributed by atoms with van der Waals surface area (Å²) in [6.45, 7) is 3.58. The Morgan fingerprint density at radius 1 is 1.27 bits per heavy atom. The van der Waals surface area contributed by atoms with Crippen molar-refractivity contribution in [3.63, 3.8) is 0 Å². The molecule has 0 saturated heterocycles. The van der Waals surface area contributed by atoms with Crippen LogP contribution < -0.4 is 4.74 Å². The van der Waals surface area contributed by atoms with Crippen molar-refractivity contribution in [1.82, 2.24) is 14.5 Å². The number of benzene rings is 1. The molecule has 1 atom stereocenters. The van der Waals surface area contributed by atoms with Gasteiger partial charge in [0.15, 0.2) is 10.5 Å². The van der Waals surface area contributed by atoms with Crippen LogP contribution in [-0.4, -0.2) is 31.2 Å². The molecule has 9 heteroatoms. The van der Waals surface area contributed by atoms with Gasteiger partial charge in [0, 0.05) is 19.3 Å². The molecular weight excluding hydrogens is 367 g/mol. The van der Waals surface area contributed by atoms with Gasteiger partial charge in [0.2, 0.25) is 0 Å². The fraction of sp³-hybridized carbons (Fsp3) is 0.294. The molecule has 0 bridgehead atoms. The van der Waals surface area contributed by atoms with Gasteiger partial charge in [0.1, 0.15) is 22.8 Å². The largest absolute Gasteiger partial charge is 0.611 e. The van der Waals surface area contributed by atoms with Crippen LogP contribution in [0.2, 0.25) is 0 Å².